The lowest BCUT2D eigenvalue weighted by Crippen LogP contribution is -2.54. The molecule has 1 aromatic heterocycles. The smallest absolute Gasteiger partial charge is 0.0519 e. The summed E-state index contributed by atoms with van der Waals surface area (Å²) in [5, 5.41) is 7.01. The van der Waals surface area contributed by atoms with Gasteiger partial charge in [0, 0.05) is 44.1 Å². The number of aryl methyl sites for hydroxylation is 1. The maximum Gasteiger partial charge on any atom is 0.0519 e. The number of hydrogen-bond acceptors (Lipinski definition) is 3. The molecule has 0 unspecified atom stereocenters. The molecule has 1 N–H and O–H groups in total. The Labute approximate surface area is 151 Å². The van der Waals surface area contributed by atoms with Crippen LogP contribution in [0, 0.1) is 18.3 Å². The quantitative estimate of drug-likeness (QED) is 0.927. The Morgan fingerprint density at radius 3 is 2.68 bits per heavy atom. The first-order chi connectivity index (χ1) is 12.0. The number of anilines is 1. The highest BCUT2D eigenvalue weighted by Crippen LogP contribution is 2.43. The summed E-state index contributed by atoms with van der Waals surface area (Å²) in [6.07, 6.45) is 6.40. The third-order valence-electron chi connectivity index (χ3n) is 6.13. The first-order valence-electron chi connectivity index (χ1n) is 9.54. The SMILES string of the molecule is Cc1ccc(N2C[C@H]3CN(CCc4cn[nH]c4)C[C@@H]2C(C)(C)C3)cc1. The van der Waals surface area contributed by atoms with Crippen molar-refractivity contribution in [2.24, 2.45) is 11.3 Å². The molecular weight excluding hydrogens is 308 g/mol. The highest BCUT2D eigenvalue weighted by Gasteiger charge is 2.45. The van der Waals surface area contributed by atoms with Gasteiger partial charge in [-0.05, 0) is 48.8 Å². The lowest BCUT2D eigenvalue weighted by atomic mass is 9.73. The van der Waals surface area contributed by atoms with Gasteiger partial charge in [0.1, 0.15) is 0 Å². The van der Waals surface area contributed by atoms with Gasteiger partial charge in [-0.25, -0.2) is 0 Å². The maximum absolute atomic E-state index is 4.08. The van der Waals surface area contributed by atoms with Crippen molar-refractivity contribution in [3.63, 3.8) is 0 Å². The number of piperidine rings is 1. The van der Waals surface area contributed by atoms with Gasteiger partial charge in [-0.2, -0.15) is 5.10 Å². The van der Waals surface area contributed by atoms with Gasteiger partial charge < -0.3 is 9.80 Å². The van der Waals surface area contributed by atoms with Crippen molar-refractivity contribution in [2.45, 2.75) is 39.7 Å². The average Bonchev–Trinajstić information content (AvgIpc) is 2.97. The molecular formula is C21H30N4. The Morgan fingerprint density at radius 1 is 1.16 bits per heavy atom. The molecule has 0 radical (unpaired) electrons. The van der Waals surface area contributed by atoms with E-state index in [1.807, 2.05) is 12.4 Å². The standard InChI is InChI=1S/C21H30N4/c1-16-4-6-19(7-5-16)25-14-18-10-21(2,3)20(25)15-24(13-18)9-8-17-11-22-23-12-17/h4-7,11-12,18,20H,8-10,13-15H2,1-3H3,(H,22,23)/t18-,20-/m1/s1. The van der Waals surface area contributed by atoms with Gasteiger partial charge in [-0.1, -0.05) is 31.5 Å². The molecule has 4 nitrogen and oxygen atoms in total. The van der Waals surface area contributed by atoms with Crippen LogP contribution in [-0.2, 0) is 6.42 Å². The molecule has 3 saturated heterocycles. The number of nitrogens with zero attached hydrogens (tertiary/aromatic N) is 3. The zero-order valence-corrected chi connectivity index (χ0v) is 15.7. The first-order valence-corrected chi connectivity index (χ1v) is 9.54. The zero-order chi connectivity index (χ0) is 17.4. The molecule has 3 fully saturated rings. The minimum atomic E-state index is 0.359. The number of aromatic nitrogens is 2. The normalized spacial score (nSPS) is 26.0. The number of rotatable bonds is 4. The third-order valence-corrected chi connectivity index (χ3v) is 6.13. The summed E-state index contributed by atoms with van der Waals surface area (Å²) in [4.78, 5) is 5.37. The van der Waals surface area contributed by atoms with Gasteiger partial charge >= 0.3 is 0 Å². The summed E-state index contributed by atoms with van der Waals surface area (Å²) < 4.78 is 0. The monoisotopic (exact) mass is 338 g/mol. The van der Waals surface area contributed by atoms with Crippen molar-refractivity contribution in [3.05, 3.63) is 47.8 Å². The van der Waals surface area contributed by atoms with Crippen LogP contribution in [0.5, 0.6) is 0 Å². The van der Waals surface area contributed by atoms with Crippen LogP contribution in [0.3, 0.4) is 0 Å². The summed E-state index contributed by atoms with van der Waals surface area (Å²) in [5.41, 5.74) is 4.40. The zero-order valence-electron chi connectivity index (χ0n) is 15.7. The number of H-pyrrole nitrogens is 1. The first kappa shape index (κ1) is 16.6. The molecule has 0 amide bonds. The molecule has 2 aromatic rings. The number of fused-ring (bicyclic) bond motifs is 4. The summed E-state index contributed by atoms with van der Waals surface area (Å²) >= 11 is 0. The molecule has 134 valence electrons. The van der Waals surface area contributed by atoms with E-state index in [4.69, 9.17) is 0 Å². The largest absolute Gasteiger partial charge is 0.366 e. The van der Waals surface area contributed by atoms with Gasteiger partial charge in [0.2, 0.25) is 0 Å². The number of hydrogen-bond donors (Lipinski definition) is 1. The van der Waals surface area contributed by atoms with E-state index in [1.165, 1.54) is 36.3 Å². The molecule has 25 heavy (non-hydrogen) atoms. The Balaban J connectivity index is 1.53. The summed E-state index contributed by atoms with van der Waals surface area (Å²) in [6.45, 7) is 11.8. The topological polar surface area (TPSA) is 35.2 Å². The van der Waals surface area contributed by atoms with E-state index in [2.05, 4.69) is 65.0 Å². The summed E-state index contributed by atoms with van der Waals surface area (Å²) in [5.74, 6) is 0.749. The van der Waals surface area contributed by atoms with Crippen LogP contribution >= 0.6 is 0 Å². The van der Waals surface area contributed by atoms with Crippen molar-refractivity contribution >= 4 is 5.69 Å². The minimum Gasteiger partial charge on any atom is -0.366 e. The van der Waals surface area contributed by atoms with E-state index in [0.29, 0.717) is 11.5 Å². The molecule has 1 aromatic carbocycles. The molecule has 3 aliphatic rings. The lowest BCUT2D eigenvalue weighted by molar-refractivity contribution is 0.190. The van der Waals surface area contributed by atoms with E-state index < -0.39 is 0 Å². The minimum absolute atomic E-state index is 0.359. The molecule has 0 saturated carbocycles. The Hall–Kier alpha value is -1.81. The molecule has 4 heterocycles. The van der Waals surface area contributed by atoms with E-state index in [9.17, 15) is 0 Å². The maximum atomic E-state index is 4.08. The second-order valence-electron chi connectivity index (χ2n) is 8.68. The van der Waals surface area contributed by atoms with Gasteiger partial charge in [-0.3, -0.25) is 5.10 Å². The van der Waals surface area contributed by atoms with Gasteiger partial charge in [0.15, 0.2) is 0 Å². The van der Waals surface area contributed by atoms with Crippen LogP contribution < -0.4 is 4.90 Å². The molecule has 0 aliphatic carbocycles. The van der Waals surface area contributed by atoms with Crippen molar-refractivity contribution in [1.82, 2.24) is 15.1 Å². The fourth-order valence-electron chi connectivity index (χ4n) is 4.83. The Morgan fingerprint density at radius 2 is 1.96 bits per heavy atom. The van der Waals surface area contributed by atoms with E-state index in [1.54, 1.807) is 0 Å². The second-order valence-corrected chi connectivity index (χ2v) is 8.68. The fourth-order valence-corrected chi connectivity index (χ4v) is 4.83. The van der Waals surface area contributed by atoms with E-state index >= 15 is 0 Å². The number of aromatic amines is 1. The second kappa shape index (κ2) is 6.49. The van der Waals surface area contributed by atoms with Crippen LogP contribution in [0.15, 0.2) is 36.7 Å². The predicted molar refractivity (Wildman–Crippen MR) is 103 cm³/mol. The van der Waals surface area contributed by atoms with Gasteiger partial charge in [-0.15, -0.1) is 0 Å². The number of benzene rings is 1. The Bertz CT molecular complexity index is 689. The van der Waals surface area contributed by atoms with Crippen molar-refractivity contribution < 1.29 is 0 Å². The molecule has 4 heteroatoms. The Kier molecular flexibility index (Phi) is 4.32. The van der Waals surface area contributed by atoms with E-state index in [-0.39, 0.29) is 0 Å². The predicted octanol–water partition coefficient (Wildman–Crippen LogP) is 3.50. The van der Waals surface area contributed by atoms with Crippen LogP contribution in [0.25, 0.3) is 0 Å². The van der Waals surface area contributed by atoms with E-state index in [0.717, 1.165) is 25.4 Å². The summed E-state index contributed by atoms with van der Waals surface area (Å²) in [7, 11) is 0. The summed E-state index contributed by atoms with van der Waals surface area (Å²) in [6, 6.07) is 9.69. The highest BCUT2D eigenvalue weighted by atomic mass is 15.3. The van der Waals surface area contributed by atoms with Gasteiger partial charge in [0.25, 0.3) is 0 Å². The van der Waals surface area contributed by atoms with Crippen LogP contribution in [0.2, 0.25) is 0 Å². The van der Waals surface area contributed by atoms with Crippen molar-refractivity contribution in [1.29, 1.82) is 0 Å². The molecule has 2 atom stereocenters. The number of nitrogens with one attached hydrogen (secondary N) is 1. The van der Waals surface area contributed by atoms with Crippen LogP contribution in [0.4, 0.5) is 5.69 Å². The van der Waals surface area contributed by atoms with Crippen molar-refractivity contribution in [3.8, 4) is 0 Å². The van der Waals surface area contributed by atoms with Crippen molar-refractivity contribution in [2.75, 3.05) is 31.1 Å². The molecule has 0 spiro atoms. The van der Waals surface area contributed by atoms with Gasteiger partial charge in [0.05, 0.1) is 6.20 Å². The fraction of sp³-hybridized carbons (Fsp3) is 0.571. The highest BCUT2D eigenvalue weighted by molar-refractivity contribution is 5.50. The van der Waals surface area contributed by atoms with Crippen LogP contribution in [0.1, 0.15) is 31.4 Å². The molecule has 2 bridgehead atoms. The molecule has 3 aliphatic heterocycles. The van der Waals surface area contributed by atoms with Crippen LogP contribution in [-0.4, -0.2) is 47.3 Å². The average molecular weight is 338 g/mol. The molecule has 5 rings (SSSR count). The third kappa shape index (κ3) is 3.45. The lowest BCUT2D eigenvalue weighted by Gasteiger charge is -2.48.